The zero-order chi connectivity index (χ0) is 17.5. The topological polar surface area (TPSA) is 56.8 Å². The molecular weight excluding hydrogens is 318 g/mol. The molecule has 5 nitrogen and oxygen atoms in total. The molecular formula is C20H23NO4. The molecule has 0 aliphatic carbocycles. The number of carbonyl (C=O) groups is 1. The van der Waals surface area contributed by atoms with Gasteiger partial charge >= 0.3 is 0 Å². The van der Waals surface area contributed by atoms with Gasteiger partial charge in [0.15, 0.2) is 0 Å². The van der Waals surface area contributed by atoms with Crippen LogP contribution in [0.4, 0.5) is 5.69 Å². The Morgan fingerprint density at radius 2 is 1.96 bits per heavy atom. The number of ether oxygens (including phenoxy) is 3. The van der Waals surface area contributed by atoms with Crippen LogP contribution in [-0.2, 0) is 4.74 Å². The number of amides is 1. The second-order valence-corrected chi connectivity index (χ2v) is 5.89. The molecule has 5 heteroatoms. The molecule has 1 fully saturated rings. The summed E-state index contributed by atoms with van der Waals surface area (Å²) in [6.07, 6.45) is 2.29. The Labute approximate surface area is 147 Å². The third kappa shape index (κ3) is 4.97. The summed E-state index contributed by atoms with van der Waals surface area (Å²) < 4.78 is 16.8. The molecule has 25 heavy (non-hydrogen) atoms. The lowest BCUT2D eigenvalue weighted by atomic mass is 10.2. The van der Waals surface area contributed by atoms with Crippen LogP contribution in [0, 0.1) is 0 Å². The fourth-order valence-electron chi connectivity index (χ4n) is 2.73. The van der Waals surface area contributed by atoms with E-state index in [0.717, 1.165) is 25.2 Å². The maximum absolute atomic E-state index is 12.4. The van der Waals surface area contributed by atoms with Crippen molar-refractivity contribution in [3.8, 4) is 11.5 Å². The number of anilines is 1. The molecule has 2 aromatic carbocycles. The fourth-order valence-corrected chi connectivity index (χ4v) is 2.73. The molecule has 132 valence electrons. The van der Waals surface area contributed by atoms with Crippen molar-refractivity contribution in [3.05, 3.63) is 54.1 Å². The van der Waals surface area contributed by atoms with E-state index >= 15 is 0 Å². The summed E-state index contributed by atoms with van der Waals surface area (Å²) in [6, 6.07) is 14.5. The van der Waals surface area contributed by atoms with Crippen molar-refractivity contribution in [2.45, 2.75) is 25.9 Å². The fraction of sp³-hybridized carbons (Fsp3) is 0.350. The van der Waals surface area contributed by atoms with Crippen molar-refractivity contribution in [2.75, 3.05) is 25.1 Å². The van der Waals surface area contributed by atoms with Gasteiger partial charge < -0.3 is 19.5 Å². The van der Waals surface area contributed by atoms with E-state index in [2.05, 4.69) is 5.32 Å². The van der Waals surface area contributed by atoms with E-state index in [1.165, 1.54) is 0 Å². The van der Waals surface area contributed by atoms with Crippen LogP contribution in [0.2, 0.25) is 0 Å². The molecule has 1 amide bonds. The van der Waals surface area contributed by atoms with E-state index in [1.54, 1.807) is 18.2 Å². The van der Waals surface area contributed by atoms with E-state index in [9.17, 15) is 4.79 Å². The van der Waals surface area contributed by atoms with Gasteiger partial charge in [0.05, 0.1) is 12.7 Å². The smallest absolute Gasteiger partial charge is 0.255 e. The van der Waals surface area contributed by atoms with Crippen molar-refractivity contribution >= 4 is 11.6 Å². The van der Waals surface area contributed by atoms with Crippen LogP contribution in [0.25, 0.3) is 0 Å². The maximum Gasteiger partial charge on any atom is 0.255 e. The first-order chi connectivity index (χ1) is 12.2. The lowest BCUT2D eigenvalue weighted by molar-refractivity contribution is 0.0680. The summed E-state index contributed by atoms with van der Waals surface area (Å²) in [4.78, 5) is 12.4. The van der Waals surface area contributed by atoms with Crippen molar-refractivity contribution in [1.29, 1.82) is 0 Å². The molecule has 1 atom stereocenters. The molecule has 1 heterocycles. The second kappa shape index (κ2) is 8.53. The van der Waals surface area contributed by atoms with Crippen LogP contribution < -0.4 is 14.8 Å². The Bertz CT molecular complexity index is 710. The first kappa shape index (κ1) is 17.3. The molecule has 1 saturated heterocycles. The van der Waals surface area contributed by atoms with Crippen LogP contribution >= 0.6 is 0 Å². The third-order valence-electron chi connectivity index (χ3n) is 3.96. The molecule has 0 spiro atoms. The van der Waals surface area contributed by atoms with Gasteiger partial charge in [-0.15, -0.1) is 0 Å². The van der Waals surface area contributed by atoms with Crippen molar-refractivity contribution < 1.29 is 19.0 Å². The van der Waals surface area contributed by atoms with Gasteiger partial charge in [-0.1, -0.05) is 12.1 Å². The Kier molecular flexibility index (Phi) is 5.90. The number of benzene rings is 2. The molecule has 0 saturated carbocycles. The van der Waals surface area contributed by atoms with Gasteiger partial charge in [0, 0.05) is 23.9 Å². The molecule has 1 N–H and O–H groups in total. The average Bonchev–Trinajstić information content (AvgIpc) is 3.14. The number of rotatable bonds is 7. The molecule has 0 unspecified atom stereocenters. The van der Waals surface area contributed by atoms with Gasteiger partial charge in [0.1, 0.15) is 18.1 Å². The van der Waals surface area contributed by atoms with E-state index in [4.69, 9.17) is 14.2 Å². The number of carbonyl (C=O) groups excluding carboxylic acids is 1. The molecule has 0 aromatic heterocycles. The molecule has 1 aliphatic rings. The van der Waals surface area contributed by atoms with E-state index in [1.807, 2.05) is 37.3 Å². The average molecular weight is 341 g/mol. The number of hydrogen-bond donors (Lipinski definition) is 1. The number of nitrogens with one attached hydrogen (secondary N) is 1. The predicted molar refractivity (Wildman–Crippen MR) is 96.5 cm³/mol. The third-order valence-corrected chi connectivity index (χ3v) is 3.96. The van der Waals surface area contributed by atoms with Gasteiger partial charge in [0.2, 0.25) is 0 Å². The minimum absolute atomic E-state index is 0.166. The van der Waals surface area contributed by atoms with Crippen LogP contribution in [0.15, 0.2) is 48.5 Å². The zero-order valence-electron chi connectivity index (χ0n) is 14.4. The largest absolute Gasteiger partial charge is 0.494 e. The lowest BCUT2D eigenvalue weighted by Crippen LogP contribution is -2.16. The van der Waals surface area contributed by atoms with E-state index < -0.39 is 0 Å². The highest BCUT2D eigenvalue weighted by Gasteiger charge is 2.16. The quantitative estimate of drug-likeness (QED) is 0.830. The Morgan fingerprint density at radius 3 is 2.72 bits per heavy atom. The van der Waals surface area contributed by atoms with Gasteiger partial charge in [-0.25, -0.2) is 0 Å². The van der Waals surface area contributed by atoms with E-state index in [-0.39, 0.29) is 12.0 Å². The van der Waals surface area contributed by atoms with Crippen molar-refractivity contribution in [1.82, 2.24) is 0 Å². The molecule has 1 aliphatic heterocycles. The second-order valence-electron chi connectivity index (χ2n) is 5.89. The van der Waals surface area contributed by atoms with Crippen LogP contribution in [0.5, 0.6) is 11.5 Å². The Hall–Kier alpha value is -2.53. The summed E-state index contributed by atoms with van der Waals surface area (Å²) in [6.45, 7) is 3.82. The van der Waals surface area contributed by atoms with Crippen LogP contribution in [0.3, 0.4) is 0 Å². The first-order valence-corrected chi connectivity index (χ1v) is 8.63. The summed E-state index contributed by atoms with van der Waals surface area (Å²) >= 11 is 0. The molecule has 3 rings (SSSR count). The molecule has 0 bridgehead atoms. The summed E-state index contributed by atoms with van der Waals surface area (Å²) in [5.41, 5.74) is 1.24. The predicted octanol–water partition coefficient (Wildman–Crippen LogP) is 3.90. The maximum atomic E-state index is 12.4. The van der Waals surface area contributed by atoms with Crippen LogP contribution in [-0.4, -0.2) is 31.8 Å². The number of hydrogen-bond acceptors (Lipinski definition) is 4. The lowest BCUT2D eigenvalue weighted by Gasteiger charge is -2.13. The van der Waals surface area contributed by atoms with Gasteiger partial charge in [-0.05, 0) is 50.1 Å². The highest BCUT2D eigenvalue weighted by Crippen LogP contribution is 2.21. The minimum Gasteiger partial charge on any atom is -0.494 e. The standard InChI is InChI=1S/C20H23NO4/c1-2-23-17-8-3-6-15(12-17)20(22)21-16-7-4-9-18(13-16)25-14-19-10-5-11-24-19/h3-4,6-9,12-13,19H,2,5,10-11,14H2,1H3,(H,21,22)/t19-/m0/s1. The van der Waals surface area contributed by atoms with E-state index in [0.29, 0.717) is 30.2 Å². The Balaban J connectivity index is 1.60. The molecule has 2 aromatic rings. The Morgan fingerprint density at radius 1 is 1.16 bits per heavy atom. The van der Waals surface area contributed by atoms with Gasteiger partial charge in [-0.3, -0.25) is 4.79 Å². The highest BCUT2D eigenvalue weighted by atomic mass is 16.5. The summed E-state index contributed by atoms with van der Waals surface area (Å²) in [5, 5.41) is 2.89. The van der Waals surface area contributed by atoms with Crippen molar-refractivity contribution in [2.24, 2.45) is 0 Å². The first-order valence-electron chi connectivity index (χ1n) is 8.63. The summed E-state index contributed by atoms with van der Waals surface area (Å²) in [7, 11) is 0. The van der Waals surface area contributed by atoms with Gasteiger partial charge in [-0.2, -0.15) is 0 Å². The molecule has 0 radical (unpaired) electrons. The zero-order valence-corrected chi connectivity index (χ0v) is 14.4. The highest BCUT2D eigenvalue weighted by molar-refractivity contribution is 6.04. The summed E-state index contributed by atoms with van der Waals surface area (Å²) in [5.74, 6) is 1.22. The van der Waals surface area contributed by atoms with Crippen molar-refractivity contribution in [3.63, 3.8) is 0 Å². The van der Waals surface area contributed by atoms with Crippen LogP contribution in [0.1, 0.15) is 30.1 Å². The normalized spacial score (nSPS) is 16.4. The van der Waals surface area contributed by atoms with Gasteiger partial charge in [0.25, 0.3) is 5.91 Å². The minimum atomic E-state index is -0.183. The monoisotopic (exact) mass is 341 g/mol. The SMILES string of the molecule is CCOc1cccc(C(=O)Nc2cccc(OC[C@@H]3CCCO3)c2)c1.